The van der Waals surface area contributed by atoms with Crippen LogP contribution in [0.25, 0.3) is 0 Å². The van der Waals surface area contributed by atoms with Crippen LogP contribution in [0.15, 0.2) is 0 Å². The maximum absolute atomic E-state index is 11.8. The highest BCUT2D eigenvalue weighted by Gasteiger charge is 2.39. The van der Waals surface area contributed by atoms with Gasteiger partial charge in [-0.15, -0.1) is 24.8 Å². The highest BCUT2D eigenvalue weighted by atomic mass is 35.5. The Morgan fingerprint density at radius 3 is 1.46 bits per heavy atom. The lowest BCUT2D eigenvalue weighted by atomic mass is 10.0. The van der Waals surface area contributed by atoms with E-state index in [0.717, 1.165) is 26.2 Å². The minimum absolute atomic E-state index is 0. The lowest BCUT2D eigenvalue weighted by Crippen LogP contribution is -2.63. The van der Waals surface area contributed by atoms with Gasteiger partial charge in [-0.1, -0.05) is 0 Å². The van der Waals surface area contributed by atoms with Gasteiger partial charge in [-0.2, -0.15) is 0 Å². The second-order valence-corrected chi connectivity index (χ2v) is 14.7. The summed E-state index contributed by atoms with van der Waals surface area (Å²) in [5.74, 6) is 0. The molecule has 4 aliphatic heterocycles. The van der Waals surface area contributed by atoms with Gasteiger partial charge in [0.2, 0.25) is 20.0 Å². The van der Waals surface area contributed by atoms with Crippen molar-refractivity contribution < 1.29 is 26.4 Å². The summed E-state index contributed by atoms with van der Waals surface area (Å²) in [4.78, 5) is 18.1. The van der Waals surface area contributed by atoms with Crippen molar-refractivity contribution in [2.24, 2.45) is 10.3 Å². The smallest absolute Gasteiger partial charge is 0.410 e. The predicted molar refractivity (Wildman–Crippen MR) is 148 cm³/mol. The summed E-state index contributed by atoms with van der Waals surface area (Å²) in [6.07, 6.45) is 2.24. The van der Waals surface area contributed by atoms with E-state index in [1.54, 1.807) is 4.90 Å². The molecule has 4 heterocycles. The van der Waals surface area contributed by atoms with E-state index in [9.17, 15) is 21.6 Å². The number of nitrogens with two attached hydrogens (primary N) is 2. The molecule has 0 bridgehead atoms. The molecule has 0 aromatic heterocycles. The molecule has 0 unspecified atom stereocenters. The average Bonchev–Trinajstić information content (AvgIpc) is 2.64. The third-order valence-corrected chi connectivity index (χ3v) is 9.99. The first kappa shape index (κ1) is 34.6. The largest absolute Gasteiger partial charge is 0.444 e. The Bertz CT molecular complexity index is 939. The Labute approximate surface area is 234 Å². The fraction of sp³-hybridized carbons (Fsp3) is 0.952. The Kier molecular flexibility index (Phi) is 12.9. The molecule has 16 heteroatoms. The normalized spacial score (nSPS) is 23.4. The summed E-state index contributed by atoms with van der Waals surface area (Å²) in [5, 5.41) is 12.8. The number of nitrogens with zero attached hydrogens (tertiary/aromatic N) is 3. The van der Waals surface area contributed by atoms with Crippen LogP contribution in [0.4, 0.5) is 4.79 Å². The number of ether oxygens (including phenoxy) is 1. The summed E-state index contributed by atoms with van der Waals surface area (Å²) < 4.78 is 50.1. The van der Waals surface area contributed by atoms with Gasteiger partial charge in [0.25, 0.3) is 0 Å². The van der Waals surface area contributed by atoms with Crippen LogP contribution in [0.5, 0.6) is 0 Å². The van der Waals surface area contributed by atoms with Gasteiger partial charge in [-0.3, -0.25) is 9.80 Å². The number of likely N-dealkylation sites (tertiary alicyclic amines) is 3. The molecule has 4 aliphatic rings. The minimum Gasteiger partial charge on any atom is -0.444 e. The first-order chi connectivity index (χ1) is 16.1. The highest BCUT2D eigenvalue weighted by molar-refractivity contribution is 7.90. The van der Waals surface area contributed by atoms with Gasteiger partial charge in [0.05, 0.1) is 10.5 Å². The van der Waals surface area contributed by atoms with Gasteiger partial charge in [0, 0.05) is 38.3 Å². The van der Waals surface area contributed by atoms with Gasteiger partial charge in [0.1, 0.15) is 5.60 Å². The van der Waals surface area contributed by atoms with Crippen molar-refractivity contribution in [3.05, 3.63) is 0 Å². The molecular weight excluding hydrogens is 567 g/mol. The Morgan fingerprint density at radius 2 is 1.16 bits per heavy atom. The van der Waals surface area contributed by atoms with Gasteiger partial charge in [0.15, 0.2) is 0 Å². The summed E-state index contributed by atoms with van der Waals surface area (Å²) in [6, 6.07) is 0.926. The standard InChI is InChI=1S/C13H25N3O4S.C8H17N3O2S.2ClH/c1-13(2,3)20-12(17)16-8-10(9-16)15-6-4-11(5-7-15)21(14,18)19;9-14(12,13)8-1-3-11(4-2-8)7-5-10-6-7;;/h10-11H,4-9H2,1-3H3,(H2,14,18,19);7-8,10H,1-6H2,(H2,9,12,13);2*1H. The van der Waals surface area contributed by atoms with Crippen molar-refractivity contribution in [3.8, 4) is 0 Å². The maximum atomic E-state index is 11.8. The Morgan fingerprint density at radius 1 is 0.784 bits per heavy atom. The molecule has 220 valence electrons. The second kappa shape index (κ2) is 13.8. The Hall–Kier alpha value is -0.450. The molecule has 0 atom stereocenters. The number of rotatable bonds is 4. The third-order valence-electron chi connectivity index (χ3n) is 7.19. The molecular formula is C21H44Cl2N6O6S2. The number of hydrogen-bond acceptors (Lipinski definition) is 9. The SMILES string of the molecule is CC(C)(C)OC(=O)N1CC(N2CCC(S(N)(=O)=O)CC2)C1.Cl.Cl.NS(=O)(=O)C1CCN(C2CNC2)CC1. The highest BCUT2D eigenvalue weighted by Crippen LogP contribution is 2.24. The summed E-state index contributed by atoms with van der Waals surface area (Å²) >= 11 is 0. The fourth-order valence-electron chi connectivity index (χ4n) is 4.83. The van der Waals surface area contributed by atoms with Crippen LogP contribution in [0, 0.1) is 0 Å². The van der Waals surface area contributed by atoms with Crippen molar-refractivity contribution in [3.63, 3.8) is 0 Å². The maximum Gasteiger partial charge on any atom is 0.410 e. The van der Waals surface area contributed by atoms with Gasteiger partial charge < -0.3 is 15.0 Å². The molecule has 0 radical (unpaired) electrons. The lowest BCUT2D eigenvalue weighted by Gasteiger charge is -2.47. The summed E-state index contributed by atoms with van der Waals surface area (Å²) in [7, 11) is -6.73. The second-order valence-electron chi connectivity index (χ2n) is 11.0. The first-order valence-electron chi connectivity index (χ1n) is 12.3. The topological polar surface area (TPSA) is 168 Å². The molecule has 5 N–H and O–H groups in total. The number of halogens is 2. The van der Waals surface area contributed by atoms with Crippen LogP contribution in [0.2, 0.25) is 0 Å². The van der Waals surface area contributed by atoms with Crippen LogP contribution in [0.3, 0.4) is 0 Å². The van der Waals surface area contributed by atoms with Crippen molar-refractivity contribution in [1.29, 1.82) is 0 Å². The lowest BCUT2D eigenvalue weighted by molar-refractivity contribution is -0.0184. The number of piperidine rings is 2. The van der Waals surface area contributed by atoms with Crippen LogP contribution in [-0.4, -0.2) is 118 Å². The number of sulfonamides is 2. The summed E-state index contributed by atoms with van der Waals surface area (Å²) in [5.41, 5.74) is -0.476. The molecule has 0 aromatic carbocycles. The number of hydrogen-bond donors (Lipinski definition) is 3. The minimum atomic E-state index is -3.42. The number of primary sulfonamides is 2. The van der Waals surface area contributed by atoms with E-state index in [1.165, 1.54) is 0 Å². The molecule has 4 fully saturated rings. The molecule has 0 spiro atoms. The van der Waals surface area contributed by atoms with Gasteiger partial charge in [-0.05, 0) is 72.6 Å². The molecule has 0 saturated carbocycles. The Balaban J connectivity index is 0.000000375. The zero-order chi connectivity index (χ0) is 26.0. The molecule has 4 rings (SSSR count). The number of nitrogens with one attached hydrogen (secondary N) is 1. The number of amides is 1. The molecule has 4 saturated heterocycles. The van der Waals surface area contributed by atoms with E-state index < -0.39 is 30.9 Å². The van der Waals surface area contributed by atoms with E-state index >= 15 is 0 Å². The number of carbonyl (C=O) groups excluding carboxylic acids is 1. The van der Waals surface area contributed by atoms with E-state index in [4.69, 9.17) is 15.0 Å². The van der Waals surface area contributed by atoms with Crippen molar-refractivity contribution >= 4 is 51.0 Å². The molecule has 37 heavy (non-hydrogen) atoms. The predicted octanol–water partition coefficient (Wildman–Crippen LogP) is -0.0867. The van der Waals surface area contributed by atoms with E-state index in [-0.39, 0.29) is 36.2 Å². The van der Waals surface area contributed by atoms with E-state index in [2.05, 4.69) is 15.1 Å². The van der Waals surface area contributed by atoms with Crippen molar-refractivity contribution in [2.75, 3.05) is 52.4 Å². The van der Waals surface area contributed by atoms with Crippen LogP contribution < -0.4 is 15.6 Å². The van der Waals surface area contributed by atoms with Crippen LogP contribution in [0.1, 0.15) is 46.5 Å². The van der Waals surface area contributed by atoms with Crippen LogP contribution >= 0.6 is 24.8 Å². The van der Waals surface area contributed by atoms with Gasteiger partial charge in [-0.25, -0.2) is 31.9 Å². The van der Waals surface area contributed by atoms with Crippen molar-refractivity contribution in [1.82, 2.24) is 20.0 Å². The van der Waals surface area contributed by atoms with Gasteiger partial charge >= 0.3 is 6.09 Å². The zero-order valence-corrected chi connectivity index (χ0v) is 25.1. The monoisotopic (exact) mass is 610 g/mol. The van der Waals surface area contributed by atoms with Crippen LogP contribution in [-0.2, 0) is 24.8 Å². The first-order valence-corrected chi connectivity index (χ1v) is 15.6. The average molecular weight is 612 g/mol. The molecule has 1 amide bonds. The zero-order valence-electron chi connectivity index (χ0n) is 21.9. The summed E-state index contributed by atoms with van der Waals surface area (Å²) in [6.45, 7) is 12.1. The van der Waals surface area contributed by atoms with Crippen molar-refractivity contribution in [2.45, 2.75) is 74.6 Å². The quantitative estimate of drug-likeness (QED) is 0.394. The molecule has 0 aliphatic carbocycles. The third kappa shape index (κ3) is 10.2. The number of carbonyl (C=O) groups is 1. The van der Waals surface area contributed by atoms with E-state index in [0.29, 0.717) is 63.9 Å². The molecule has 0 aromatic rings. The fourth-order valence-corrected chi connectivity index (χ4v) is 6.57. The van der Waals surface area contributed by atoms with E-state index in [1.807, 2.05) is 20.8 Å². The molecule has 12 nitrogen and oxygen atoms in total.